The minimum atomic E-state index is -0.343. The molecule has 1 fully saturated rings. The van der Waals surface area contributed by atoms with Crippen molar-refractivity contribution < 1.29 is 9.47 Å². The number of aromatic nitrogens is 2. The molecule has 6 heteroatoms. The maximum Gasteiger partial charge on any atom is 0.167 e. The SMILES string of the molecule is CCc1nnc(NCC2(OC)CCOC2)c(C#N)c1CC. The zero-order valence-electron chi connectivity index (χ0n) is 12.9. The molecule has 1 saturated heterocycles. The van der Waals surface area contributed by atoms with Crippen LogP contribution >= 0.6 is 0 Å². The molecule has 0 radical (unpaired) electrons. The van der Waals surface area contributed by atoms with Gasteiger partial charge in [-0.1, -0.05) is 13.8 Å². The summed E-state index contributed by atoms with van der Waals surface area (Å²) in [4.78, 5) is 0. The summed E-state index contributed by atoms with van der Waals surface area (Å²) in [6.45, 7) is 5.86. The minimum absolute atomic E-state index is 0.343. The normalized spacial score (nSPS) is 21.2. The number of anilines is 1. The summed E-state index contributed by atoms with van der Waals surface area (Å²) in [5.41, 5.74) is 2.12. The molecule has 0 bridgehead atoms. The van der Waals surface area contributed by atoms with E-state index in [2.05, 4.69) is 21.6 Å². The third kappa shape index (κ3) is 3.14. The van der Waals surface area contributed by atoms with Crippen molar-refractivity contribution in [1.29, 1.82) is 5.26 Å². The maximum atomic E-state index is 9.45. The molecule has 1 N–H and O–H groups in total. The van der Waals surface area contributed by atoms with E-state index in [0.717, 1.165) is 30.5 Å². The Morgan fingerprint density at radius 2 is 2.19 bits per heavy atom. The lowest BCUT2D eigenvalue weighted by Crippen LogP contribution is -2.40. The molecule has 6 nitrogen and oxygen atoms in total. The van der Waals surface area contributed by atoms with Crippen LogP contribution in [-0.4, -0.2) is 42.7 Å². The second-order valence-corrected chi connectivity index (χ2v) is 5.21. The lowest BCUT2D eigenvalue weighted by molar-refractivity contribution is -0.00626. The summed E-state index contributed by atoms with van der Waals surface area (Å²) >= 11 is 0. The summed E-state index contributed by atoms with van der Waals surface area (Å²) < 4.78 is 11.0. The van der Waals surface area contributed by atoms with Gasteiger partial charge in [-0.15, -0.1) is 5.10 Å². The Kier molecular flexibility index (Phi) is 5.10. The van der Waals surface area contributed by atoms with Gasteiger partial charge >= 0.3 is 0 Å². The molecule has 21 heavy (non-hydrogen) atoms. The van der Waals surface area contributed by atoms with Crippen molar-refractivity contribution >= 4 is 5.82 Å². The fourth-order valence-corrected chi connectivity index (χ4v) is 2.62. The van der Waals surface area contributed by atoms with Crippen LogP contribution in [0.15, 0.2) is 0 Å². The Bertz CT molecular complexity index is 533. The average molecular weight is 290 g/mol. The van der Waals surface area contributed by atoms with Gasteiger partial charge in [0, 0.05) is 26.7 Å². The van der Waals surface area contributed by atoms with Gasteiger partial charge in [-0.3, -0.25) is 0 Å². The molecule has 0 saturated carbocycles. The predicted octanol–water partition coefficient (Wildman–Crippen LogP) is 1.69. The van der Waals surface area contributed by atoms with E-state index >= 15 is 0 Å². The molecule has 1 aromatic heterocycles. The van der Waals surface area contributed by atoms with Crippen LogP contribution in [0.5, 0.6) is 0 Å². The summed E-state index contributed by atoms with van der Waals surface area (Å²) in [5, 5.41) is 21.1. The summed E-state index contributed by atoms with van der Waals surface area (Å²) in [5.74, 6) is 0.537. The van der Waals surface area contributed by atoms with Crippen molar-refractivity contribution in [2.75, 3.05) is 32.2 Å². The Morgan fingerprint density at radius 1 is 1.38 bits per heavy atom. The van der Waals surface area contributed by atoms with Crippen LogP contribution in [0, 0.1) is 11.3 Å². The van der Waals surface area contributed by atoms with E-state index < -0.39 is 0 Å². The second kappa shape index (κ2) is 6.83. The summed E-state index contributed by atoms with van der Waals surface area (Å²) in [6.07, 6.45) is 2.38. The smallest absolute Gasteiger partial charge is 0.167 e. The van der Waals surface area contributed by atoms with Gasteiger partial charge < -0.3 is 14.8 Å². The molecule has 0 spiro atoms. The van der Waals surface area contributed by atoms with E-state index in [1.54, 1.807) is 7.11 Å². The van der Waals surface area contributed by atoms with Crippen LogP contribution in [0.1, 0.15) is 37.1 Å². The molecule has 2 rings (SSSR count). The molecule has 114 valence electrons. The number of ether oxygens (including phenoxy) is 2. The molecular formula is C15H22N4O2. The molecule has 1 unspecified atom stereocenters. The third-order valence-corrected chi connectivity index (χ3v) is 4.04. The highest BCUT2D eigenvalue weighted by molar-refractivity contribution is 5.56. The highest BCUT2D eigenvalue weighted by atomic mass is 16.5. The first-order valence-electron chi connectivity index (χ1n) is 7.35. The number of hydrogen-bond donors (Lipinski definition) is 1. The first-order chi connectivity index (χ1) is 10.2. The van der Waals surface area contributed by atoms with Crippen molar-refractivity contribution in [3.05, 3.63) is 16.8 Å². The van der Waals surface area contributed by atoms with Gasteiger partial charge in [-0.25, -0.2) is 0 Å². The van der Waals surface area contributed by atoms with Crippen LogP contribution in [0.4, 0.5) is 5.82 Å². The highest BCUT2D eigenvalue weighted by Gasteiger charge is 2.35. The molecule has 0 aromatic carbocycles. The van der Waals surface area contributed by atoms with Gasteiger partial charge in [0.2, 0.25) is 0 Å². The number of nitriles is 1. The Hall–Kier alpha value is -1.71. The molecule has 0 aliphatic carbocycles. The molecule has 1 aromatic rings. The summed E-state index contributed by atoms with van der Waals surface area (Å²) in [7, 11) is 1.69. The van der Waals surface area contributed by atoms with E-state index in [4.69, 9.17) is 9.47 Å². The van der Waals surface area contributed by atoms with Crippen molar-refractivity contribution in [3.63, 3.8) is 0 Å². The van der Waals surface area contributed by atoms with Crippen LogP contribution in [0.2, 0.25) is 0 Å². The van der Waals surface area contributed by atoms with Crippen LogP contribution in [-0.2, 0) is 22.3 Å². The molecule has 1 aliphatic heterocycles. The number of methoxy groups -OCH3 is 1. The van der Waals surface area contributed by atoms with E-state index in [9.17, 15) is 5.26 Å². The van der Waals surface area contributed by atoms with Crippen molar-refractivity contribution in [2.24, 2.45) is 0 Å². The van der Waals surface area contributed by atoms with Crippen LogP contribution in [0.25, 0.3) is 0 Å². The third-order valence-electron chi connectivity index (χ3n) is 4.04. The quantitative estimate of drug-likeness (QED) is 0.858. The maximum absolute atomic E-state index is 9.45. The van der Waals surface area contributed by atoms with Crippen molar-refractivity contribution in [1.82, 2.24) is 10.2 Å². The topological polar surface area (TPSA) is 80.1 Å². The largest absolute Gasteiger partial charge is 0.378 e. The zero-order valence-corrected chi connectivity index (χ0v) is 12.9. The Morgan fingerprint density at radius 3 is 2.71 bits per heavy atom. The summed E-state index contributed by atoms with van der Waals surface area (Å²) in [6, 6.07) is 2.26. The standard InChI is InChI=1S/C15H22N4O2/c1-4-11-12(8-16)14(19-18-13(11)5-2)17-9-15(20-3)6-7-21-10-15/h4-7,9-10H2,1-3H3,(H,17,19). The molecule has 2 heterocycles. The molecular weight excluding hydrogens is 268 g/mol. The Balaban J connectivity index is 2.22. The van der Waals surface area contributed by atoms with Gasteiger partial charge in [0.25, 0.3) is 0 Å². The lowest BCUT2D eigenvalue weighted by atomic mass is 10.0. The van der Waals surface area contributed by atoms with E-state index in [1.165, 1.54) is 0 Å². The number of rotatable bonds is 6. The van der Waals surface area contributed by atoms with Gasteiger partial charge in [0.15, 0.2) is 5.82 Å². The predicted molar refractivity (Wildman–Crippen MR) is 79.2 cm³/mol. The first kappa shape index (κ1) is 15.7. The molecule has 1 atom stereocenters. The van der Waals surface area contributed by atoms with E-state index in [1.807, 2.05) is 13.8 Å². The first-order valence-corrected chi connectivity index (χ1v) is 7.35. The fraction of sp³-hybridized carbons (Fsp3) is 0.667. The van der Waals surface area contributed by atoms with Crippen LogP contribution < -0.4 is 5.32 Å². The van der Waals surface area contributed by atoms with Gasteiger partial charge in [-0.05, 0) is 18.4 Å². The number of hydrogen-bond acceptors (Lipinski definition) is 6. The van der Waals surface area contributed by atoms with E-state index in [-0.39, 0.29) is 5.60 Å². The number of nitrogens with one attached hydrogen (secondary N) is 1. The lowest BCUT2D eigenvalue weighted by Gasteiger charge is -2.26. The van der Waals surface area contributed by atoms with Gasteiger partial charge in [0.05, 0.1) is 12.3 Å². The van der Waals surface area contributed by atoms with E-state index in [0.29, 0.717) is 31.1 Å². The number of nitrogens with zero attached hydrogens (tertiary/aromatic N) is 3. The van der Waals surface area contributed by atoms with Crippen molar-refractivity contribution in [3.8, 4) is 6.07 Å². The zero-order chi connectivity index (χ0) is 15.3. The van der Waals surface area contributed by atoms with Crippen molar-refractivity contribution in [2.45, 2.75) is 38.7 Å². The Labute approximate surface area is 125 Å². The monoisotopic (exact) mass is 290 g/mol. The highest BCUT2D eigenvalue weighted by Crippen LogP contribution is 2.25. The van der Waals surface area contributed by atoms with Gasteiger partial charge in [0.1, 0.15) is 17.2 Å². The van der Waals surface area contributed by atoms with Gasteiger partial charge in [-0.2, -0.15) is 10.4 Å². The molecule has 0 amide bonds. The second-order valence-electron chi connectivity index (χ2n) is 5.21. The average Bonchev–Trinajstić information content (AvgIpc) is 3.01. The minimum Gasteiger partial charge on any atom is -0.378 e. The fourth-order valence-electron chi connectivity index (χ4n) is 2.62. The van der Waals surface area contributed by atoms with Crippen LogP contribution in [0.3, 0.4) is 0 Å². The molecule has 1 aliphatic rings. The number of aryl methyl sites for hydroxylation is 1.